The molecule has 1 aromatic carbocycles. The molecule has 0 aliphatic heterocycles. The number of carbonyl (C=O) groups is 1. The lowest BCUT2D eigenvalue weighted by molar-refractivity contribution is 0.0926. The zero-order valence-electron chi connectivity index (χ0n) is 16.1. The van der Waals surface area contributed by atoms with Crippen molar-refractivity contribution >= 4 is 11.7 Å². The fourth-order valence-electron chi connectivity index (χ4n) is 3.24. The number of H-pyrrole nitrogens is 1. The molecule has 1 atom stereocenters. The number of aryl methyl sites for hydroxylation is 1. The first-order chi connectivity index (χ1) is 13.6. The highest BCUT2D eigenvalue weighted by Gasteiger charge is 2.28. The standard InChI is InChI=1S/C21H24N6O/c1-13-4-3-5-15(10-13)17(26-21(28)20-23-8-9-24-20)11-16-12-18(22-2)27-19(25-16)14-6-7-14/h3-5,8-10,12,14,17H,6-7,11H2,1-2H3,(H,23,24)(H,26,28)(H,22,25,27)/t17-/m1/s1. The Morgan fingerprint density at radius 2 is 2.14 bits per heavy atom. The molecule has 2 heterocycles. The van der Waals surface area contributed by atoms with Crippen molar-refractivity contribution < 1.29 is 4.79 Å². The van der Waals surface area contributed by atoms with Crippen LogP contribution in [-0.2, 0) is 6.42 Å². The molecule has 7 nitrogen and oxygen atoms in total. The molecule has 1 amide bonds. The summed E-state index contributed by atoms with van der Waals surface area (Å²) in [7, 11) is 1.86. The van der Waals surface area contributed by atoms with E-state index in [1.54, 1.807) is 12.4 Å². The molecule has 28 heavy (non-hydrogen) atoms. The van der Waals surface area contributed by atoms with E-state index in [2.05, 4.69) is 31.7 Å². The van der Waals surface area contributed by atoms with Crippen molar-refractivity contribution in [2.45, 2.75) is 38.1 Å². The number of anilines is 1. The van der Waals surface area contributed by atoms with Gasteiger partial charge in [0.05, 0.1) is 6.04 Å². The van der Waals surface area contributed by atoms with E-state index in [4.69, 9.17) is 4.98 Å². The van der Waals surface area contributed by atoms with Crippen molar-refractivity contribution in [3.8, 4) is 0 Å². The SMILES string of the molecule is CNc1cc(C[C@@H](NC(=O)c2ncc[nH]2)c2cccc(C)c2)nc(C2CC2)n1. The Morgan fingerprint density at radius 3 is 2.82 bits per heavy atom. The van der Waals surface area contributed by atoms with Gasteiger partial charge in [-0.15, -0.1) is 0 Å². The second-order valence-electron chi connectivity index (χ2n) is 7.21. The highest BCUT2D eigenvalue weighted by atomic mass is 16.2. The molecule has 0 spiro atoms. The van der Waals surface area contributed by atoms with Gasteiger partial charge in [0.25, 0.3) is 5.91 Å². The Kier molecular flexibility index (Phi) is 5.06. The Balaban J connectivity index is 1.63. The van der Waals surface area contributed by atoms with Crippen LogP contribution in [0.5, 0.6) is 0 Å². The maximum atomic E-state index is 12.6. The Bertz CT molecular complexity index is 965. The number of rotatable bonds is 7. The second kappa shape index (κ2) is 7.80. The average Bonchev–Trinajstić information content (AvgIpc) is 3.41. The molecule has 0 saturated heterocycles. The lowest BCUT2D eigenvalue weighted by Gasteiger charge is -2.20. The van der Waals surface area contributed by atoms with Gasteiger partial charge in [-0.05, 0) is 25.3 Å². The maximum Gasteiger partial charge on any atom is 0.287 e. The summed E-state index contributed by atoms with van der Waals surface area (Å²) in [5, 5.41) is 6.22. The van der Waals surface area contributed by atoms with Gasteiger partial charge in [0.2, 0.25) is 0 Å². The Labute approximate surface area is 164 Å². The van der Waals surface area contributed by atoms with Crippen molar-refractivity contribution in [1.82, 2.24) is 25.3 Å². The van der Waals surface area contributed by atoms with E-state index in [1.807, 2.05) is 38.2 Å². The normalized spacial score (nSPS) is 14.5. The summed E-state index contributed by atoms with van der Waals surface area (Å²) in [5.74, 6) is 2.23. The lowest BCUT2D eigenvalue weighted by atomic mass is 9.99. The molecule has 0 radical (unpaired) electrons. The number of hydrogen-bond donors (Lipinski definition) is 3. The Hall–Kier alpha value is -3.22. The van der Waals surface area contributed by atoms with Crippen molar-refractivity contribution in [3.05, 3.63) is 71.2 Å². The van der Waals surface area contributed by atoms with E-state index >= 15 is 0 Å². The zero-order valence-corrected chi connectivity index (χ0v) is 16.1. The monoisotopic (exact) mass is 376 g/mol. The number of aromatic amines is 1. The third kappa shape index (κ3) is 4.19. The quantitative estimate of drug-likeness (QED) is 0.589. The van der Waals surface area contributed by atoms with Gasteiger partial charge < -0.3 is 15.6 Å². The summed E-state index contributed by atoms with van der Waals surface area (Å²) in [6.07, 6.45) is 6.07. The molecule has 1 aliphatic rings. The number of nitrogens with one attached hydrogen (secondary N) is 3. The highest BCUT2D eigenvalue weighted by molar-refractivity contribution is 5.90. The molecular weight excluding hydrogens is 352 g/mol. The van der Waals surface area contributed by atoms with Crippen LogP contribution in [0.4, 0.5) is 5.82 Å². The minimum Gasteiger partial charge on any atom is -0.373 e. The molecule has 4 rings (SSSR count). The molecule has 1 aliphatic carbocycles. The van der Waals surface area contributed by atoms with E-state index in [0.717, 1.165) is 41.3 Å². The lowest BCUT2D eigenvalue weighted by Crippen LogP contribution is -2.31. The third-order valence-electron chi connectivity index (χ3n) is 4.87. The highest BCUT2D eigenvalue weighted by Crippen LogP contribution is 2.38. The number of aromatic nitrogens is 4. The van der Waals surface area contributed by atoms with Gasteiger partial charge in [-0.2, -0.15) is 0 Å². The summed E-state index contributed by atoms with van der Waals surface area (Å²) >= 11 is 0. The van der Waals surface area contributed by atoms with E-state index in [0.29, 0.717) is 18.2 Å². The van der Waals surface area contributed by atoms with Gasteiger partial charge in [0.15, 0.2) is 5.82 Å². The summed E-state index contributed by atoms with van der Waals surface area (Å²) in [4.78, 5) is 28.9. The summed E-state index contributed by atoms with van der Waals surface area (Å²) in [5.41, 5.74) is 3.09. The molecule has 1 saturated carbocycles. The van der Waals surface area contributed by atoms with Crippen LogP contribution < -0.4 is 10.6 Å². The first-order valence-electron chi connectivity index (χ1n) is 9.55. The predicted octanol–water partition coefficient (Wildman–Crippen LogP) is 3.14. The molecule has 7 heteroatoms. The topological polar surface area (TPSA) is 95.6 Å². The fourth-order valence-corrected chi connectivity index (χ4v) is 3.24. The summed E-state index contributed by atoms with van der Waals surface area (Å²) < 4.78 is 0. The van der Waals surface area contributed by atoms with Crippen molar-refractivity contribution in [3.63, 3.8) is 0 Å². The fraction of sp³-hybridized carbons (Fsp3) is 0.333. The average molecular weight is 376 g/mol. The van der Waals surface area contributed by atoms with Gasteiger partial charge in [-0.25, -0.2) is 15.0 Å². The molecule has 0 bridgehead atoms. The van der Waals surface area contributed by atoms with Crippen LogP contribution in [-0.4, -0.2) is 32.9 Å². The van der Waals surface area contributed by atoms with Crippen LogP contribution in [0.15, 0.2) is 42.7 Å². The third-order valence-corrected chi connectivity index (χ3v) is 4.87. The van der Waals surface area contributed by atoms with Crippen LogP contribution in [0.1, 0.15) is 58.1 Å². The zero-order chi connectivity index (χ0) is 19.5. The first kappa shape index (κ1) is 18.2. The van der Waals surface area contributed by atoms with Crippen LogP contribution >= 0.6 is 0 Å². The summed E-state index contributed by atoms with van der Waals surface area (Å²) in [6.45, 7) is 2.05. The number of benzene rings is 1. The van der Waals surface area contributed by atoms with Gasteiger partial charge in [0, 0.05) is 43.5 Å². The predicted molar refractivity (Wildman–Crippen MR) is 107 cm³/mol. The van der Waals surface area contributed by atoms with Crippen molar-refractivity contribution in [2.75, 3.05) is 12.4 Å². The number of imidazole rings is 1. The number of carbonyl (C=O) groups excluding carboxylic acids is 1. The van der Waals surface area contributed by atoms with Crippen molar-refractivity contribution in [1.29, 1.82) is 0 Å². The largest absolute Gasteiger partial charge is 0.373 e. The number of amides is 1. The van der Waals surface area contributed by atoms with E-state index < -0.39 is 0 Å². The van der Waals surface area contributed by atoms with E-state index in [-0.39, 0.29) is 11.9 Å². The first-order valence-corrected chi connectivity index (χ1v) is 9.55. The van der Waals surface area contributed by atoms with Crippen LogP contribution in [0, 0.1) is 6.92 Å². The summed E-state index contributed by atoms with van der Waals surface area (Å²) in [6, 6.07) is 9.91. The second-order valence-corrected chi connectivity index (χ2v) is 7.21. The number of hydrogen-bond acceptors (Lipinski definition) is 5. The van der Waals surface area contributed by atoms with Gasteiger partial charge in [-0.1, -0.05) is 29.8 Å². The molecule has 3 aromatic rings. The Morgan fingerprint density at radius 1 is 1.29 bits per heavy atom. The molecule has 1 fully saturated rings. The van der Waals surface area contributed by atoms with Gasteiger partial charge >= 0.3 is 0 Å². The van der Waals surface area contributed by atoms with Crippen molar-refractivity contribution in [2.24, 2.45) is 0 Å². The van der Waals surface area contributed by atoms with E-state index in [9.17, 15) is 4.79 Å². The molecule has 3 N–H and O–H groups in total. The minimum absolute atomic E-state index is 0.218. The molecule has 0 unspecified atom stereocenters. The maximum absolute atomic E-state index is 12.6. The molecular formula is C21H24N6O. The van der Waals surface area contributed by atoms with Crippen LogP contribution in [0.3, 0.4) is 0 Å². The van der Waals surface area contributed by atoms with Crippen LogP contribution in [0.25, 0.3) is 0 Å². The molecule has 2 aromatic heterocycles. The minimum atomic E-state index is -0.234. The van der Waals surface area contributed by atoms with Crippen LogP contribution in [0.2, 0.25) is 0 Å². The van der Waals surface area contributed by atoms with Gasteiger partial charge in [0.1, 0.15) is 11.6 Å². The van der Waals surface area contributed by atoms with Gasteiger partial charge in [-0.3, -0.25) is 4.79 Å². The molecule has 144 valence electrons. The number of nitrogens with zero attached hydrogens (tertiary/aromatic N) is 3. The smallest absolute Gasteiger partial charge is 0.287 e. The van der Waals surface area contributed by atoms with E-state index in [1.165, 1.54) is 0 Å².